The molecule has 1 aliphatic heterocycles. The standard InChI is InChI=1S/C17H21N7S/c1-10-21-22-17(25-10)24-7-11-5-13(6-12(11)8-24)23(2)16-14-3-4-18-15(14)19-9-20-16/h3-4,9,11-13H,5-8H2,1-2H3,(H,18,19,20)/t11-,12+,13+. The summed E-state index contributed by atoms with van der Waals surface area (Å²) >= 11 is 1.70. The van der Waals surface area contributed by atoms with Gasteiger partial charge < -0.3 is 14.8 Å². The summed E-state index contributed by atoms with van der Waals surface area (Å²) in [5, 5.41) is 11.7. The molecular formula is C17H21N7S. The molecule has 1 saturated carbocycles. The lowest BCUT2D eigenvalue weighted by molar-refractivity contribution is 0.494. The largest absolute Gasteiger partial charge is 0.356 e. The first-order chi connectivity index (χ1) is 12.2. The number of hydrogen-bond donors (Lipinski definition) is 1. The molecule has 0 bridgehead atoms. The van der Waals surface area contributed by atoms with Gasteiger partial charge in [0, 0.05) is 32.4 Å². The van der Waals surface area contributed by atoms with Gasteiger partial charge >= 0.3 is 0 Å². The molecule has 0 radical (unpaired) electrons. The highest BCUT2D eigenvalue weighted by molar-refractivity contribution is 7.15. The number of aromatic nitrogens is 5. The lowest BCUT2D eigenvalue weighted by Gasteiger charge is -2.27. The Morgan fingerprint density at radius 2 is 2.00 bits per heavy atom. The molecule has 1 N–H and O–H groups in total. The highest BCUT2D eigenvalue weighted by Gasteiger charge is 2.43. The number of anilines is 2. The fourth-order valence-electron chi connectivity index (χ4n) is 4.47. The molecular weight excluding hydrogens is 334 g/mol. The number of fused-ring (bicyclic) bond motifs is 2. The van der Waals surface area contributed by atoms with E-state index in [1.807, 2.05) is 13.1 Å². The van der Waals surface area contributed by atoms with Crippen molar-refractivity contribution in [1.82, 2.24) is 25.1 Å². The first kappa shape index (κ1) is 15.1. The summed E-state index contributed by atoms with van der Waals surface area (Å²) in [5.41, 5.74) is 0.910. The predicted molar refractivity (Wildman–Crippen MR) is 99.2 cm³/mol. The monoisotopic (exact) mass is 355 g/mol. The number of rotatable bonds is 3. The van der Waals surface area contributed by atoms with Gasteiger partial charge in [0.05, 0.1) is 5.39 Å². The van der Waals surface area contributed by atoms with E-state index in [0.29, 0.717) is 6.04 Å². The van der Waals surface area contributed by atoms with Crippen molar-refractivity contribution in [2.75, 3.05) is 29.9 Å². The van der Waals surface area contributed by atoms with E-state index in [4.69, 9.17) is 0 Å². The number of aromatic amines is 1. The van der Waals surface area contributed by atoms with E-state index >= 15 is 0 Å². The Morgan fingerprint density at radius 3 is 2.72 bits per heavy atom. The molecule has 0 unspecified atom stereocenters. The number of H-pyrrole nitrogens is 1. The zero-order valence-corrected chi connectivity index (χ0v) is 15.2. The van der Waals surface area contributed by atoms with Crippen molar-refractivity contribution in [3.63, 3.8) is 0 Å². The van der Waals surface area contributed by atoms with Gasteiger partial charge in [-0.05, 0) is 37.7 Å². The first-order valence-corrected chi connectivity index (χ1v) is 9.56. The van der Waals surface area contributed by atoms with E-state index in [1.54, 1.807) is 17.7 Å². The van der Waals surface area contributed by atoms with Gasteiger partial charge in [-0.3, -0.25) is 0 Å². The molecule has 0 amide bonds. The smallest absolute Gasteiger partial charge is 0.208 e. The highest BCUT2D eigenvalue weighted by atomic mass is 32.1. The third-order valence-electron chi connectivity index (χ3n) is 5.73. The zero-order chi connectivity index (χ0) is 17.0. The van der Waals surface area contributed by atoms with Gasteiger partial charge in [0.1, 0.15) is 22.8 Å². The van der Waals surface area contributed by atoms with Crippen molar-refractivity contribution in [2.45, 2.75) is 25.8 Å². The van der Waals surface area contributed by atoms with Crippen LogP contribution in [0.5, 0.6) is 0 Å². The number of aryl methyl sites for hydroxylation is 1. The fourth-order valence-corrected chi connectivity index (χ4v) is 5.17. The van der Waals surface area contributed by atoms with E-state index in [9.17, 15) is 0 Å². The molecule has 8 heteroatoms. The molecule has 2 aliphatic rings. The van der Waals surface area contributed by atoms with Crippen LogP contribution in [0, 0.1) is 18.8 Å². The third-order valence-corrected chi connectivity index (χ3v) is 6.63. The molecule has 1 aliphatic carbocycles. The van der Waals surface area contributed by atoms with Crippen LogP contribution in [0.25, 0.3) is 11.0 Å². The molecule has 3 aromatic rings. The third kappa shape index (κ3) is 2.47. The molecule has 3 aromatic heterocycles. The van der Waals surface area contributed by atoms with Gasteiger partial charge in [-0.2, -0.15) is 0 Å². The van der Waals surface area contributed by atoms with Crippen molar-refractivity contribution in [2.24, 2.45) is 11.8 Å². The Labute approximate surface area is 150 Å². The van der Waals surface area contributed by atoms with Gasteiger partial charge in [0.2, 0.25) is 5.13 Å². The summed E-state index contributed by atoms with van der Waals surface area (Å²) < 4.78 is 0. The fraction of sp³-hybridized carbons (Fsp3) is 0.529. The summed E-state index contributed by atoms with van der Waals surface area (Å²) in [5.74, 6) is 2.51. The molecule has 0 aromatic carbocycles. The maximum atomic E-state index is 4.55. The van der Waals surface area contributed by atoms with Crippen molar-refractivity contribution in [3.8, 4) is 0 Å². The van der Waals surface area contributed by atoms with Crippen LogP contribution >= 0.6 is 11.3 Å². The summed E-state index contributed by atoms with van der Waals surface area (Å²) in [6.07, 6.45) is 6.01. The van der Waals surface area contributed by atoms with E-state index in [-0.39, 0.29) is 0 Å². The van der Waals surface area contributed by atoms with E-state index in [0.717, 1.165) is 51.9 Å². The summed E-state index contributed by atoms with van der Waals surface area (Å²) in [7, 11) is 2.17. The Morgan fingerprint density at radius 1 is 1.20 bits per heavy atom. The van der Waals surface area contributed by atoms with Gasteiger partial charge in [-0.25, -0.2) is 9.97 Å². The molecule has 4 heterocycles. The van der Waals surface area contributed by atoms with Gasteiger partial charge in [0.25, 0.3) is 0 Å². The molecule has 3 atom stereocenters. The van der Waals surface area contributed by atoms with E-state index < -0.39 is 0 Å². The van der Waals surface area contributed by atoms with Crippen LogP contribution < -0.4 is 9.80 Å². The van der Waals surface area contributed by atoms with Crippen LogP contribution in [0.3, 0.4) is 0 Å². The van der Waals surface area contributed by atoms with Crippen LogP contribution in [0.1, 0.15) is 17.8 Å². The molecule has 5 rings (SSSR count). The lowest BCUT2D eigenvalue weighted by atomic mass is 10.0. The Hall–Kier alpha value is -2.22. The topological polar surface area (TPSA) is 73.8 Å². The van der Waals surface area contributed by atoms with Crippen LogP contribution in [-0.2, 0) is 0 Å². The summed E-state index contributed by atoms with van der Waals surface area (Å²) in [4.78, 5) is 16.8. The average Bonchev–Trinajstić information content (AvgIpc) is 3.35. The SMILES string of the molecule is Cc1nnc(N2C[C@H]3C[C@H](N(C)c4ncnc5[nH]ccc45)C[C@H]3C2)s1. The molecule has 1 saturated heterocycles. The van der Waals surface area contributed by atoms with Gasteiger partial charge in [-0.1, -0.05) is 11.3 Å². The maximum Gasteiger partial charge on any atom is 0.208 e. The number of hydrogen-bond acceptors (Lipinski definition) is 7. The zero-order valence-electron chi connectivity index (χ0n) is 14.4. The Kier molecular flexibility index (Phi) is 3.41. The van der Waals surface area contributed by atoms with Crippen LogP contribution in [0.15, 0.2) is 18.6 Å². The lowest BCUT2D eigenvalue weighted by Crippen LogP contribution is -2.32. The van der Waals surface area contributed by atoms with Crippen molar-refractivity contribution >= 4 is 33.3 Å². The van der Waals surface area contributed by atoms with Crippen molar-refractivity contribution < 1.29 is 0 Å². The van der Waals surface area contributed by atoms with Gasteiger partial charge in [0.15, 0.2) is 0 Å². The van der Waals surface area contributed by atoms with E-state index in [1.165, 1.54) is 12.8 Å². The number of nitrogens with one attached hydrogen (secondary N) is 1. The maximum absolute atomic E-state index is 4.55. The predicted octanol–water partition coefficient (Wildman–Crippen LogP) is 2.47. The number of nitrogens with zero attached hydrogens (tertiary/aromatic N) is 6. The minimum absolute atomic E-state index is 0.543. The normalized spacial score (nSPS) is 25.7. The van der Waals surface area contributed by atoms with Crippen molar-refractivity contribution in [1.29, 1.82) is 0 Å². The quantitative estimate of drug-likeness (QED) is 0.778. The van der Waals surface area contributed by atoms with Crippen LogP contribution in [0.2, 0.25) is 0 Å². The Bertz CT molecular complexity index is 889. The second kappa shape index (κ2) is 5.66. The molecule has 7 nitrogen and oxygen atoms in total. The second-order valence-electron chi connectivity index (χ2n) is 7.20. The molecule has 0 spiro atoms. The average molecular weight is 355 g/mol. The molecule has 130 valence electrons. The molecule has 2 fully saturated rings. The minimum atomic E-state index is 0.543. The molecule has 25 heavy (non-hydrogen) atoms. The Balaban J connectivity index is 1.32. The van der Waals surface area contributed by atoms with Crippen LogP contribution in [0.4, 0.5) is 10.9 Å². The van der Waals surface area contributed by atoms with Crippen molar-refractivity contribution in [3.05, 3.63) is 23.6 Å². The summed E-state index contributed by atoms with van der Waals surface area (Å²) in [6.45, 7) is 4.23. The first-order valence-electron chi connectivity index (χ1n) is 8.75. The minimum Gasteiger partial charge on any atom is -0.356 e. The van der Waals surface area contributed by atoms with E-state index in [2.05, 4.69) is 48.1 Å². The van der Waals surface area contributed by atoms with Gasteiger partial charge in [-0.15, -0.1) is 10.2 Å². The summed E-state index contributed by atoms with van der Waals surface area (Å²) in [6, 6.07) is 2.61. The second-order valence-corrected chi connectivity index (χ2v) is 8.36. The highest BCUT2D eigenvalue weighted by Crippen LogP contribution is 2.43. The van der Waals surface area contributed by atoms with Crippen LogP contribution in [-0.4, -0.2) is 51.3 Å².